The van der Waals surface area contributed by atoms with Crippen LogP contribution < -0.4 is 20.7 Å². The van der Waals surface area contributed by atoms with Gasteiger partial charge in [-0.2, -0.15) is 0 Å². The van der Waals surface area contributed by atoms with Gasteiger partial charge in [0.25, 0.3) is 0 Å². The summed E-state index contributed by atoms with van der Waals surface area (Å²) >= 11 is 0. The lowest BCUT2D eigenvalue weighted by atomic mass is 10.3. The summed E-state index contributed by atoms with van der Waals surface area (Å²) < 4.78 is 17.9. The highest BCUT2D eigenvalue weighted by atomic mass is 19.1. The van der Waals surface area contributed by atoms with Crippen LogP contribution >= 0.6 is 0 Å². The fourth-order valence-corrected chi connectivity index (χ4v) is 1.90. The summed E-state index contributed by atoms with van der Waals surface area (Å²) in [4.78, 5) is 35.2. The Labute approximate surface area is 143 Å². The first-order valence-corrected chi connectivity index (χ1v) is 7.27. The van der Waals surface area contributed by atoms with E-state index in [1.54, 1.807) is 24.3 Å². The molecule has 2 rings (SSSR count). The third-order valence-corrected chi connectivity index (χ3v) is 3.10. The summed E-state index contributed by atoms with van der Waals surface area (Å²) in [7, 11) is 1.46. The van der Waals surface area contributed by atoms with E-state index in [1.807, 2.05) is 0 Å². The highest BCUT2D eigenvalue weighted by molar-refractivity contribution is 6.39. The summed E-state index contributed by atoms with van der Waals surface area (Å²) in [5.41, 5.74) is 0.708. The lowest BCUT2D eigenvalue weighted by molar-refractivity contribution is -0.136. The number of hydrogen-bond acceptors (Lipinski definition) is 4. The smallest absolute Gasteiger partial charge is 0.313 e. The molecule has 0 aliphatic heterocycles. The molecule has 8 heteroatoms. The number of benzene rings is 2. The minimum atomic E-state index is -0.987. The van der Waals surface area contributed by atoms with Gasteiger partial charge in [-0.25, -0.2) is 4.39 Å². The fourth-order valence-electron chi connectivity index (χ4n) is 1.90. The lowest BCUT2D eigenvalue weighted by Gasteiger charge is -2.10. The van der Waals surface area contributed by atoms with Gasteiger partial charge in [-0.3, -0.25) is 14.4 Å². The van der Waals surface area contributed by atoms with Gasteiger partial charge in [-0.15, -0.1) is 0 Å². The predicted molar refractivity (Wildman–Crippen MR) is 89.7 cm³/mol. The third-order valence-electron chi connectivity index (χ3n) is 3.10. The van der Waals surface area contributed by atoms with E-state index in [4.69, 9.17) is 4.74 Å². The molecule has 0 radical (unpaired) electrons. The van der Waals surface area contributed by atoms with Crippen molar-refractivity contribution in [3.8, 4) is 5.75 Å². The quantitative estimate of drug-likeness (QED) is 0.716. The van der Waals surface area contributed by atoms with Gasteiger partial charge in [0.1, 0.15) is 11.6 Å². The Morgan fingerprint density at radius 1 is 0.960 bits per heavy atom. The normalized spacial score (nSPS) is 9.84. The lowest BCUT2D eigenvalue weighted by Crippen LogP contribution is -2.39. The molecule has 2 aromatic carbocycles. The number of amides is 3. The highest BCUT2D eigenvalue weighted by Crippen LogP contribution is 2.22. The van der Waals surface area contributed by atoms with Gasteiger partial charge in [-0.1, -0.05) is 12.1 Å². The molecule has 0 fully saturated rings. The molecule has 0 heterocycles. The molecule has 130 valence electrons. The molecule has 3 N–H and O–H groups in total. The number of para-hydroxylation sites is 2. The van der Waals surface area contributed by atoms with Crippen molar-refractivity contribution in [1.29, 1.82) is 0 Å². The molecule has 0 unspecified atom stereocenters. The number of carbonyl (C=O) groups is 3. The van der Waals surface area contributed by atoms with E-state index in [2.05, 4.69) is 16.0 Å². The van der Waals surface area contributed by atoms with Crippen LogP contribution in [-0.4, -0.2) is 31.4 Å². The summed E-state index contributed by atoms with van der Waals surface area (Å²) in [6, 6.07) is 11.7. The second kappa shape index (κ2) is 8.44. The Morgan fingerprint density at radius 3 is 2.32 bits per heavy atom. The zero-order valence-electron chi connectivity index (χ0n) is 13.3. The second-order valence-electron chi connectivity index (χ2n) is 4.89. The van der Waals surface area contributed by atoms with E-state index in [0.29, 0.717) is 11.4 Å². The van der Waals surface area contributed by atoms with Crippen LogP contribution in [0.3, 0.4) is 0 Å². The molecule has 3 amide bonds. The second-order valence-corrected chi connectivity index (χ2v) is 4.89. The van der Waals surface area contributed by atoms with E-state index < -0.39 is 30.1 Å². The molecule has 0 bridgehead atoms. The first kappa shape index (κ1) is 17.9. The number of nitrogens with one attached hydrogen (secondary N) is 3. The molecule has 0 atom stereocenters. The SMILES string of the molecule is COc1ccccc1NC(=O)CNC(=O)C(=O)Nc1ccc(F)cc1. The van der Waals surface area contributed by atoms with Crippen molar-refractivity contribution in [3.63, 3.8) is 0 Å². The largest absolute Gasteiger partial charge is 0.495 e. The van der Waals surface area contributed by atoms with Crippen LogP contribution in [0, 0.1) is 5.82 Å². The molecule has 0 saturated carbocycles. The molecule has 2 aromatic rings. The average Bonchev–Trinajstić information content (AvgIpc) is 2.62. The predicted octanol–water partition coefficient (Wildman–Crippen LogP) is 1.53. The van der Waals surface area contributed by atoms with Crippen molar-refractivity contribution in [3.05, 3.63) is 54.3 Å². The number of hydrogen-bond donors (Lipinski definition) is 3. The molecule has 0 aromatic heterocycles. The summed E-state index contributed by atoms with van der Waals surface area (Å²) in [6.45, 7) is -0.395. The maximum absolute atomic E-state index is 12.8. The minimum Gasteiger partial charge on any atom is -0.495 e. The van der Waals surface area contributed by atoms with Crippen molar-refractivity contribution in [2.24, 2.45) is 0 Å². The molecule has 7 nitrogen and oxygen atoms in total. The van der Waals surface area contributed by atoms with Crippen molar-refractivity contribution in [2.45, 2.75) is 0 Å². The van der Waals surface area contributed by atoms with Crippen LogP contribution in [0.25, 0.3) is 0 Å². The van der Waals surface area contributed by atoms with Crippen LogP contribution in [0.15, 0.2) is 48.5 Å². The van der Waals surface area contributed by atoms with Crippen molar-refractivity contribution >= 4 is 29.1 Å². The average molecular weight is 345 g/mol. The van der Waals surface area contributed by atoms with Gasteiger partial charge in [0, 0.05) is 5.69 Å². The van der Waals surface area contributed by atoms with Gasteiger partial charge in [0.15, 0.2) is 0 Å². The van der Waals surface area contributed by atoms with Gasteiger partial charge in [-0.05, 0) is 36.4 Å². The van der Waals surface area contributed by atoms with Crippen molar-refractivity contribution < 1.29 is 23.5 Å². The minimum absolute atomic E-state index is 0.264. The number of halogens is 1. The molecule has 0 spiro atoms. The fraction of sp³-hybridized carbons (Fsp3) is 0.118. The Bertz CT molecular complexity index is 778. The van der Waals surface area contributed by atoms with E-state index in [1.165, 1.54) is 19.2 Å². The number of anilines is 2. The first-order valence-electron chi connectivity index (χ1n) is 7.27. The van der Waals surface area contributed by atoms with Crippen molar-refractivity contribution in [1.82, 2.24) is 5.32 Å². The van der Waals surface area contributed by atoms with E-state index >= 15 is 0 Å². The number of rotatable bonds is 5. The highest BCUT2D eigenvalue weighted by Gasteiger charge is 2.15. The van der Waals surface area contributed by atoms with Gasteiger partial charge < -0.3 is 20.7 Å². The van der Waals surface area contributed by atoms with Gasteiger partial charge in [0.05, 0.1) is 19.3 Å². The standard InChI is InChI=1S/C17H16FN3O4/c1-25-14-5-3-2-4-13(14)21-15(22)10-19-16(23)17(24)20-12-8-6-11(18)7-9-12/h2-9H,10H2,1H3,(H,19,23)(H,20,24)(H,21,22). The Hall–Kier alpha value is -3.42. The molecule has 0 saturated heterocycles. The van der Waals surface area contributed by atoms with Gasteiger partial charge >= 0.3 is 11.8 Å². The zero-order chi connectivity index (χ0) is 18.2. The van der Waals surface area contributed by atoms with Crippen LogP contribution in [0.5, 0.6) is 5.75 Å². The molecular formula is C17H16FN3O4. The Balaban J connectivity index is 1.83. The topological polar surface area (TPSA) is 96.5 Å². The summed E-state index contributed by atoms with van der Waals surface area (Å²) in [5.74, 6) is -2.46. The van der Waals surface area contributed by atoms with Crippen LogP contribution in [0.1, 0.15) is 0 Å². The molecular weight excluding hydrogens is 329 g/mol. The van der Waals surface area contributed by atoms with Crippen LogP contribution in [-0.2, 0) is 14.4 Å². The van der Waals surface area contributed by atoms with E-state index in [9.17, 15) is 18.8 Å². The maximum Gasteiger partial charge on any atom is 0.313 e. The first-order chi connectivity index (χ1) is 12.0. The molecule has 0 aliphatic rings. The summed E-state index contributed by atoms with van der Waals surface area (Å²) in [5, 5.41) is 7.04. The van der Waals surface area contributed by atoms with Crippen molar-refractivity contribution in [2.75, 3.05) is 24.3 Å². The number of carbonyl (C=O) groups excluding carboxylic acids is 3. The maximum atomic E-state index is 12.8. The Kier molecular flexibility index (Phi) is 6.05. The van der Waals surface area contributed by atoms with Crippen LogP contribution in [0.4, 0.5) is 15.8 Å². The van der Waals surface area contributed by atoms with Crippen LogP contribution in [0.2, 0.25) is 0 Å². The Morgan fingerprint density at radius 2 is 1.64 bits per heavy atom. The number of ether oxygens (including phenoxy) is 1. The summed E-state index contributed by atoms with van der Waals surface area (Å²) in [6.07, 6.45) is 0. The monoisotopic (exact) mass is 345 g/mol. The zero-order valence-corrected chi connectivity index (χ0v) is 13.3. The van der Waals surface area contributed by atoms with E-state index in [0.717, 1.165) is 12.1 Å². The van der Waals surface area contributed by atoms with Gasteiger partial charge in [0.2, 0.25) is 5.91 Å². The number of methoxy groups -OCH3 is 1. The molecule has 0 aliphatic carbocycles. The third kappa shape index (κ3) is 5.31. The molecule has 25 heavy (non-hydrogen) atoms. The van der Waals surface area contributed by atoms with E-state index in [-0.39, 0.29) is 5.69 Å².